The fourth-order valence-electron chi connectivity index (χ4n) is 3.09. The molecule has 5 heteroatoms. The number of benzene rings is 1. The van der Waals surface area contributed by atoms with E-state index in [0.717, 1.165) is 49.3 Å². The molecular weight excluding hydrogens is 306 g/mol. The zero-order chi connectivity index (χ0) is 17.5. The molecule has 1 aromatic rings. The first kappa shape index (κ1) is 18.6. The first-order valence-corrected chi connectivity index (χ1v) is 8.81. The standard InChI is InChI=1S/C19H29NO4/c1-4-5-10-24-18-11-15(7-9-17(18)23-3)12-20-13-16(19(21)22)8-6-14(20)2/h7,9,11,14,16H,4-6,8,10,12-13H2,1-3H3,(H,21,22). The van der Waals surface area contributed by atoms with Crippen LogP contribution in [0, 0.1) is 5.92 Å². The Bertz CT molecular complexity index is 546. The van der Waals surface area contributed by atoms with Crippen LogP contribution in [0.2, 0.25) is 0 Å². The van der Waals surface area contributed by atoms with Gasteiger partial charge in [0.05, 0.1) is 19.6 Å². The molecule has 2 atom stereocenters. The average molecular weight is 335 g/mol. The summed E-state index contributed by atoms with van der Waals surface area (Å²) < 4.78 is 11.2. The number of ether oxygens (including phenoxy) is 2. The minimum Gasteiger partial charge on any atom is -0.493 e. The summed E-state index contributed by atoms with van der Waals surface area (Å²) in [6.45, 7) is 6.32. The highest BCUT2D eigenvalue weighted by atomic mass is 16.5. The van der Waals surface area contributed by atoms with Gasteiger partial charge in [-0.1, -0.05) is 19.4 Å². The van der Waals surface area contributed by atoms with Crippen molar-refractivity contribution in [1.82, 2.24) is 4.90 Å². The van der Waals surface area contributed by atoms with E-state index in [2.05, 4.69) is 18.7 Å². The second-order valence-corrected chi connectivity index (χ2v) is 6.58. The monoisotopic (exact) mass is 335 g/mol. The quantitative estimate of drug-likeness (QED) is 0.736. The third kappa shape index (κ3) is 4.87. The molecule has 0 radical (unpaired) electrons. The Balaban J connectivity index is 2.07. The lowest BCUT2D eigenvalue weighted by Crippen LogP contribution is -2.43. The van der Waals surface area contributed by atoms with Gasteiger partial charge in [-0.25, -0.2) is 0 Å². The summed E-state index contributed by atoms with van der Waals surface area (Å²) in [6, 6.07) is 6.38. The molecule has 0 aliphatic carbocycles. The van der Waals surface area contributed by atoms with Crippen LogP contribution in [0.3, 0.4) is 0 Å². The lowest BCUT2D eigenvalue weighted by atomic mass is 9.93. The van der Waals surface area contributed by atoms with Gasteiger partial charge in [-0.2, -0.15) is 0 Å². The molecule has 24 heavy (non-hydrogen) atoms. The van der Waals surface area contributed by atoms with Crippen LogP contribution in [0.15, 0.2) is 18.2 Å². The third-order valence-electron chi connectivity index (χ3n) is 4.73. The van der Waals surface area contributed by atoms with Crippen molar-refractivity contribution in [2.24, 2.45) is 5.92 Å². The van der Waals surface area contributed by atoms with Crippen molar-refractivity contribution >= 4 is 5.97 Å². The predicted octanol–water partition coefficient (Wildman–Crippen LogP) is 3.56. The number of carboxylic acid groups (broad SMARTS) is 1. The molecule has 0 bridgehead atoms. The summed E-state index contributed by atoms with van der Waals surface area (Å²) >= 11 is 0. The number of hydrogen-bond donors (Lipinski definition) is 1. The Kier molecular flexibility index (Phi) is 6.91. The molecule has 2 rings (SSSR count). The minimum absolute atomic E-state index is 0.264. The predicted molar refractivity (Wildman–Crippen MR) is 93.6 cm³/mol. The first-order chi connectivity index (χ1) is 11.5. The van der Waals surface area contributed by atoms with Crippen molar-refractivity contribution in [2.45, 2.75) is 52.1 Å². The van der Waals surface area contributed by atoms with Gasteiger partial charge in [0.25, 0.3) is 0 Å². The SMILES string of the molecule is CCCCOc1cc(CN2CC(C(=O)O)CCC2C)ccc1OC. The molecule has 0 amide bonds. The van der Waals surface area contributed by atoms with Crippen LogP contribution >= 0.6 is 0 Å². The van der Waals surface area contributed by atoms with Crippen LogP contribution < -0.4 is 9.47 Å². The summed E-state index contributed by atoms with van der Waals surface area (Å²) in [4.78, 5) is 13.5. The molecule has 1 aliphatic heterocycles. The van der Waals surface area contributed by atoms with E-state index in [1.807, 2.05) is 18.2 Å². The maximum Gasteiger partial charge on any atom is 0.307 e. The van der Waals surface area contributed by atoms with Crippen LogP contribution in [0.1, 0.15) is 45.1 Å². The van der Waals surface area contributed by atoms with E-state index in [4.69, 9.17) is 9.47 Å². The molecule has 1 heterocycles. The summed E-state index contributed by atoms with van der Waals surface area (Å²) in [7, 11) is 1.64. The molecule has 134 valence electrons. The van der Waals surface area contributed by atoms with Crippen molar-refractivity contribution in [1.29, 1.82) is 0 Å². The highest BCUT2D eigenvalue weighted by Gasteiger charge is 2.29. The van der Waals surface area contributed by atoms with E-state index >= 15 is 0 Å². The normalized spacial score (nSPS) is 21.5. The summed E-state index contributed by atoms with van der Waals surface area (Å²) in [5, 5.41) is 9.28. The second kappa shape index (κ2) is 8.92. The number of rotatable bonds is 8. The van der Waals surface area contributed by atoms with E-state index in [-0.39, 0.29) is 5.92 Å². The van der Waals surface area contributed by atoms with E-state index in [9.17, 15) is 9.90 Å². The van der Waals surface area contributed by atoms with Gasteiger partial charge in [-0.3, -0.25) is 9.69 Å². The Morgan fingerprint density at radius 3 is 2.79 bits per heavy atom. The number of nitrogens with zero attached hydrogens (tertiary/aromatic N) is 1. The van der Waals surface area contributed by atoms with Gasteiger partial charge in [0.15, 0.2) is 11.5 Å². The van der Waals surface area contributed by atoms with Crippen LogP contribution in [-0.2, 0) is 11.3 Å². The molecule has 1 aliphatic rings. The number of carbonyl (C=O) groups is 1. The Morgan fingerprint density at radius 1 is 1.33 bits per heavy atom. The van der Waals surface area contributed by atoms with Gasteiger partial charge in [0.2, 0.25) is 0 Å². The van der Waals surface area contributed by atoms with Gasteiger partial charge in [-0.15, -0.1) is 0 Å². The van der Waals surface area contributed by atoms with Gasteiger partial charge in [-0.05, 0) is 43.9 Å². The lowest BCUT2D eigenvalue weighted by molar-refractivity contribution is -0.144. The molecule has 2 unspecified atom stereocenters. The number of carboxylic acids is 1. The largest absolute Gasteiger partial charge is 0.493 e. The van der Waals surface area contributed by atoms with Crippen molar-refractivity contribution in [3.8, 4) is 11.5 Å². The first-order valence-electron chi connectivity index (χ1n) is 8.81. The molecule has 0 spiro atoms. The number of piperidine rings is 1. The average Bonchev–Trinajstić information content (AvgIpc) is 2.57. The Hall–Kier alpha value is -1.75. The lowest BCUT2D eigenvalue weighted by Gasteiger charge is -2.36. The van der Waals surface area contributed by atoms with Crippen molar-refractivity contribution in [3.63, 3.8) is 0 Å². The van der Waals surface area contributed by atoms with Crippen LogP contribution in [0.5, 0.6) is 11.5 Å². The highest BCUT2D eigenvalue weighted by molar-refractivity contribution is 5.70. The van der Waals surface area contributed by atoms with Gasteiger partial charge in [0, 0.05) is 19.1 Å². The summed E-state index contributed by atoms with van der Waals surface area (Å²) in [6.07, 6.45) is 3.79. The minimum atomic E-state index is -0.690. The summed E-state index contributed by atoms with van der Waals surface area (Å²) in [5.74, 6) is 0.554. The van der Waals surface area contributed by atoms with Crippen LogP contribution in [0.25, 0.3) is 0 Å². The molecule has 1 fully saturated rings. The van der Waals surface area contributed by atoms with Crippen LogP contribution in [0.4, 0.5) is 0 Å². The van der Waals surface area contributed by atoms with E-state index < -0.39 is 5.97 Å². The molecule has 1 saturated heterocycles. The molecule has 0 aromatic heterocycles. The number of likely N-dealkylation sites (tertiary alicyclic amines) is 1. The molecule has 1 aromatic carbocycles. The van der Waals surface area contributed by atoms with Crippen molar-refractivity contribution < 1.29 is 19.4 Å². The Morgan fingerprint density at radius 2 is 2.12 bits per heavy atom. The zero-order valence-electron chi connectivity index (χ0n) is 15.0. The van der Waals surface area contributed by atoms with Crippen molar-refractivity contribution in [3.05, 3.63) is 23.8 Å². The molecule has 5 nitrogen and oxygen atoms in total. The fraction of sp³-hybridized carbons (Fsp3) is 0.632. The smallest absolute Gasteiger partial charge is 0.307 e. The fourth-order valence-corrected chi connectivity index (χ4v) is 3.09. The summed E-state index contributed by atoms with van der Waals surface area (Å²) in [5.41, 5.74) is 1.13. The second-order valence-electron chi connectivity index (χ2n) is 6.58. The maximum absolute atomic E-state index is 11.3. The van der Waals surface area contributed by atoms with E-state index in [0.29, 0.717) is 19.2 Å². The zero-order valence-corrected chi connectivity index (χ0v) is 15.0. The van der Waals surface area contributed by atoms with E-state index in [1.165, 1.54) is 0 Å². The molecule has 0 saturated carbocycles. The third-order valence-corrected chi connectivity index (χ3v) is 4.73. The van der Waals surface area contributed by atoms with Gasteiger partial charge >= 0.3 is 5.97 Å². The number of aliphatic carboxylic acids is 1. The maximum atomic E-state index is 11.3. The molecular formula is C19H29NO4. The number of hydrogen-bond acceptors (Lipinski definition) is 4. The molecule has 1 N–H and O–H groups in total. The van der Waals surface area contributed by atoms with Gasteiger partial charge < -0.3 is 14.6 Å². The topological polar surface area (TPSA) is 59.0 Å². The number of unbranched alkanes of at least 4 members (excludes halogenated alkanes) is 1. The number of methoxy groups -OCH3 is 1. The Labute approximate surface area is 144 Å². The van der Waals surface area contributed by atoms with Crippen LogP contribution in [-0.4, -0.2) is 42.3 Å². The van der Waals surface area contributed by atoms with Crippen molar-refractivity contribution in [2.75, 3.05) is 20.3 Å². The van der Waals surface area contributed by atoms with E-state index in [1.54, 1.807) is 7.11 Å². The van der Waals surface area contributed by atoms with Gasteiger partial charge in [0.1, 0.15) is 0 Å². The highest BCUT2D eigenvalue weighted by Crippen LogP contribution is 2.30.